The predicted molar refractivity (Wildman–Crippen MR) is 66.6 cm³/mol. The summed E-state index contributed by atoms with van der Waals surface area (Å²) in [7, 11) is 1.87. The number of anilines is 2. The first-order chi connectivity index (χ1) is 7.72. The Labute approximate surface area is 96.9 Å². The number of rotatable bonds is 4. The molecule has 2 rings (SSSR count). The van der Waals surface area contributed by atoms with Crippen LogP contribution in [0.15, 0.2) is 12.4 Å². The lowest BCUT2D eigenvalue weighted by Gasteiger charge is -2.23. The van der Waals surface area contributed by atoms with Crippen molar-refractivity contribution in [2.24, 2.45) is 5.41 Å². The van der Waals surface area contributed by atoms with Gasteiger partial charge in [0.15, 0.2) is 0 Å². The van der Waals surface area contributed by atoms with Gasteiger partial charge in [-0.05, 0) is 18.3 Å². The summed E-state index contributed by atoms with van der Waals surface area (Å²) in [5, 5.41) is 6.42. The van der Waals surface area contributed by atoms with Gasteiger partial charge in [0.2, 0.25) is 0 Å². The minimum atomic E-state index is 0.449. The van der Waals surface area contributed by atoms with Crippen molar-refractivity contribution in [3.63, 3.8) is 0 Å². The van der Waals surface area contributed by atoms with Gasteiger partial charge in [-0.2, -0.15) is 0 Å². The third kappa shape index (κ3) is 2.62. The molecule has 0 bridgehead atoms. The molecule has 4 heteroatoms. The van der Waals surface area contributed by atoms with Gasteiger partial charge in [0.25, 0.3) is 0 Å². The Bertz CT molecular complexity index is 345. The van der Waals surface area contributed by atoms with E-state index in [1.807, 2.05) is 13.1 Å². The summed E-state index contributed by atoms with van der Waals surface area (Å²) in [4.78, 5) is 8.31. The largest absolute Gasteiger partial charge is 0.373 e. The van der Waals surface area contributed by atoms with Crippen molar-refractivity contribution in [2.45, 2.75) is 32.6 Å². The minimum Gasteiger partial charge on any atom is -0.373 e. The van der Waals surface area contributed by atoms with Crippen molar-refractivity contribution in [3.05, 3.63) is 12.4 Å². The van der Waals surface area contributed by atoms with Crippen LogP contribution in [0.4, 0.5) is 11.6 Å². The van der Waals surface area contributed by atoms with Gasteiger partial charge in [-0.1, -0.05) is 19.8 Å². The van der Waals surface area contributed by atoms with E-state index in [1.54, 1.807) is 6.33 Å². The van der Waals surface area contributed by atoms with Gasteiger partial charge >= 0.3 is 0 Å². The van der Waals surface area contributed by atoms with E-state index in [4.69, 9.17) is 0 Å². The molecule has 0 atom stereocenters. The van der Waals surface area contributed by atoms with Crippen molar-refractivity contribution < 1.29 is 0 Å². The first kappa shape index (κ1) is 11.2. The summed E-state index contributed by atoms with van der Waals surface area (Å²) in [5.74, 6) is 1.77. The monoisotopic (exact) mass is 220 g/mol. The summed E-state index contributed by atoms with van der Waals surface area (Å²) in [6.07, 6.45) is 6.96. The van der Waals surface area contributed by atoms with Crippen LogP contribution in [0.2, 0.25) is 0 Å². The average Bonchev–Trinajstić information content (AvgIpc) is 2.75. The third-order valence-electron chi connectivity index (χ3n) is 3.43. The third-order valence-corrected chi connectivity index (χ3v) is 3.43. The highest BCUT2D eigenvalue weighted by molar-refractivity contribution is 5.45. The molecule has 4 nitrogen and oxygen atoms in total. The van der Waals surface area contributed by atoms with Gasteiger partial charge in [-0.3, -0.25) is 0 Å². The zero-order valence-electron chi connectivity index (χ0n) is 10.1. The molecule has 2 N–H and O–H groups in total. The Balaban J connectivity index is 1.93. The van der Waals surface area contributed by atoms with E-state index in [9.17, 15) is 0 Å². The Kier molecular flexibility index (Phi) is 3.27. The van der Waals surface area contributed by atoms with E-state index in [0.717, 1.165) is 18.2 Å². The van der Waals surface area contributed by atoms with Gasteiger partial charge in [-0.15, -0.1) is 0 Å². The lowest BCUT2D eigenvalue weighted by molar-refractivity contribution is 0.361. The second-order valence-corrected chi connectivity index (χ2v) is 4.91. The van der Waals surface area contributed by atoms with Crippen LogP contribution in [0, 0.1) is 5.41 Å². The molecule has 1 heterocycles. The lowest BCUT2D eigenvalue weighted by Crippen LogP contribution is -2.23. The van der Waals surface area contributed by atoms with Crippen molar-refractivity contribution in [3.8, 4) is 0 Å². The molecule has 0 aromatic carbocycles. The fourth-order valence-corrected chi connectivity index (χ4v) is 2.30. The zero-order chi connectivity index (χ0) is 11.4. The van der Waals surface area contributed by atoms with Crippen molar-refractivity contribution in [1.29, 1.82) is 0 Å². The van der Waals surface area contributed by atoms with E-state index in [2.05, 4.69) is 27.5 Å². The Morgan fingerprint density at radius 1 is 1.25 bits per heavy atom. The second-order valence-electron chi connectivity index (χ2n) is 4.91. The van der Waals surface area contributed by atoms with Crippen molar-refractivity contribution in [2.75, 3.05) is 24.2 Å². The highest BCUT2D eigenvalue weighted by atomic mass is 15.1. The Hall–Kier alpha value is -1.32. The van der Waals surface area contributed by atoms with Crippen molar-refractivity contribution >= 4 is 11.6 Å². The second kappa shape index (κ2) is 4.68. The molecule has 1 aromatic heterocycles. The molecule has 0 amide bonds. The minimum absolute atomic E-state index is 0.449. The molecule has 0 unspecified atom stereocenters. The highest BCUT2D eigenvalue weighted by Gasteiger charge is 2.28. The smallest absolute Gasteiger partial charge is 0.131 e. The van der Waals surface area contributed by atoms with Gasteiger partial charge in [0.05, 0.1) is 0 Å². The van der Waals surface area contributed by atoms with Crippen molar-refractivity contribution in [1.82, 2.24) is 9.97 Å². The van der Waals surface area contributed by atoms with Crippen LogP contribution in [0.5, 0.6) is 0 Å². The molecule has 0 spiro atoms. The maximum absolute atomic E-state index is 4.22. The van der Waals surface area contributed by atoms with Crippen LogP contribution >= 0.6 is 0 Å². The van der Waals surface area contributed by atoms with E-state index < -0.39 is 0 Å². The standard InChI is InChI=1S/C12H20N4/c1-12(5-3-4-6-12)8-14-11-7-10(13-2)15-9-16-11/h7,9H,3-6,8H2,1-2H3,(H2,13,14,15,16). The number of nitrogens with one attached hydrogen (secondary N) is 2. The first-order valence-corrected chi connectivity index (χ1v) is 5.96. The van der Waals surface area contributed by atoms with E-state index in [1.165, 1.54) is 25.7 Å². The summed E-state index contributed by atoms with van der Waals surface area (Å²) in [6.45, 7) is 3.36. The molecule has 1 aliphatic rings. The quantitative estimate of drug-likeness (QED) is 0.818. The van der Waals surface area contributed by atoms with Crippen LogP contribution in [-0.4, -0.2) is 23.6 Å². The maximum Gasteiger partial charge on any atom is 0.131 e. The van der Waals surface area contributed by atoms with Crippen LogP contribution < -0.4 is 10.6 Å². The van der Waals surface area contributed by atoms with Crippen LogP contribution in [0.3, 0.4) is 0 Å². The molecular formula is C12H20N4. The molecule has 1 aromatic rings. The molecule has 0 saturated heterocycles. The summed E-state index contributed by atoms with van der Waals surface area (Å²) in [5.41, 5.74) is 0.449. The Morgan fingerprint density at radius 2 is 1.94 bits per heavy atom. The molecule has 16 heavy (non-hydrogen) atoms. The van der Waals surface area contributed by atoms with E-state index in [0.29, 0.717) is 5.41 Å². The highest BCUT2D eigenvalue weighted by Crippen LogP contribution is 2.37. The van der Waals surface area contributed by atoms with E-state index >= 15 is 0 Å². The van der Waals surface area contributed by atoms with Gasteiger partial charge in [-0.25, -0.2) is 9.97 Å². The van der Waals surface area contributed by atoms with Crippen LogP contribution in [0.25, 0.3) is 0 Å². The molecule has 0 aliphatic heterocycles. The van der Waals surface area contributed by atoms with Gasteiger partial charge in [0.1, 0.15) is 18.0 Å². The molecular weight excluding hydrogens is 200 g/mol. The normalized spacial score (nSPS) is 18.4. The number of nitrogens with zero attached hydrogens (tertiary/aromatic N) is 2. The summed E-state index contributed by atoms with van der Waals surface area (Å²) >= 11 is 0. The fourth-order valence-electron chi connectivity index (χ4n) is 2.30. The average molecular weight is 220 g/mol. The maximum atomic E-state index is 4.22. The Morgan fingerprint density at radius 3 is 2.62 bits per heavy atom. The predicted octanol–water partition coefficient (Wildman–Crippen LogP) is 2.51. The van der Waals surface area contributed by atoms with Gasteiger partial charge < -0.3 is 10.6 Å². The molecule has 1 fully saturated rings. The topological polar surface area (TPSA) is 49.8 Å². The molecule has 88 valence electrons. The molecule has 1 saturated carbocycles. The number of hydrogen-bond donors (Lipinski definition) is 2. The zero-order valence-corrected chi connectivity index (χ0v) is 10.1. The summed E-state index contributed by atoms with van der Waals surface area (Å²) < 4.78 is 0. The number of hydrogen-bond acceptors (Lipinski definition) is 4. The lowest BCUT2D eigenvalue weighted by atomic mass is 9.89. The first-order valence-electron chi connectivity index (χ1n) is 5.96. The molecule has 1 aliphatic carbocycles. The van der Waals surface area contributed by atoms with Crippen LogP contribution in [0.1, 0.15) is 32.6 Å². The van der Waals surface area contributed by atoms with E-state index in [-0.39, 0.29) is 0 Å². The SMILES string of the molecule is CNc1cc(NCC2(C)CCCC2)ncn1. The number of aromatic nitrogens is 2. The fraction of sp³-hybridized carbons (Fsp3) is 0.667. The van der Waals surface area contributed by atoms with Gasteiger partial charge in [0, 0.05) is 19.7 Å². The molecule has 0 radical (unpaired) electrons. The van der Waals surface area contributed by atoms with Crippen LogP contribution in [-0.2, 0) is 0 Å². The summed E-state index contributed by atoms with van der Waals surface area (Å²) in [6, 6.07) is 1.94.